The molecule has 5 heteroatoms. The second-order valence-electron chi connectivity index (χ2n) is 5.19. The van der Waals surface area contributed by atoms with Gasteiger partial charge in [0.1, 0.15) is 5.75 Å². The fourth-order valence-corrected chi connectivity index (χ4v) is 2.15. The Morgan fingerprint density at radius 2 is 1.91 bits per heavy atom. The van der Waals surface area contributed by atoms with E-state index in [1.54, 1.807) is 7.11 Å². The maximum absolute atomic E-state index is 5.35. The molecule has 0 aliphatic heterocycles. The minimum atomic E-state index is 0. The van der Waals surface area contributed by atoms with Crippen LogP contribution in [0.5, 0.6) is 5.75 Å². The van der Waals surface area contributed by atoms with Crippen molar-refractivity contribution in [1.82, 2.24) is 10.6 Å². The smallest absolute Gasteiger partial charge is 0.190 e. The lowest BCUT2D eigenvalue weighted by Gasteiger charge is -2.12. The van der Waals surface area contributed by atoms with Gasteiger partial charge in [0.2, 0.25) is 0 Å². The molecule has 0 bridgehead atoms. The third kappa shape index (κ3) is 7.87. The summed E-state index contributed by atoms with van der Waals surface area (Å²) in [6.45, 7) is 6.11. The van der Waals surface area contributed by atoms with Gasteiger partial charge in [-0.25, -0.2) is 0 Å². The fraction of sp³-hybridized carbons (Fsp3) is 0.588. The largest absolute Gasteiger partial charge is 0.496 e. The van der Waals surface area contributed by atoms with Crippen molar-refractivity contribution >= 4 is 29.9 Å². The normalized spacial score (nSPS) is 10.8. The lowest BCUT2D eigenvalue weighted by Crippen LogP contribution is -2.38. The van der Waals surface area contributed by atoms with Gasteiger partial charge in [-0.3, -0.25) is 4.99 Å². The second kappa shape index (κ2) is 12.6. The molecule has 2 N–H and O–H groups in total. The Morgan fingerprint density at radius 1 is 1.18 bits per heavy atom. The summed E-state index contributed by atoms with van der Waals surface area (Å²) in [6, 6.07) is 6.36. The van der Waals surface area contributed by atoms with Crippen LogP contribution in [0.2, 0.25) is 0 Å². The van der Waals surface area contributed by atoms with Gasteiger partial charge in [-0.2, -0.15) is 0 Å². The standard InChI is InChI=1S/C17H29N3O.HI/c1-5-6-7-11-19-17(18-3)20-12-10-15-9-8-14(2)16(13-15)21-4;/h8-9,13H,5-7,10-12H2,1-4H3,(H2,18,19,20);1H. The highest BCUT2D eigenvalue weighted by Crippen LogP contribution is 2.18. The topological polar surface area (TPSA) is 45.7 Å². The SMILES string of the molecule is CCCCCNC(=NC)NCCc1ccc(C)c(OC)c1.I. The molecule has 0 spiro atoms. The molecule has 126 valence electrons. The summed E-state index contributed by atoms with van der Waals surface area (Å²) in [4.78, 5) is 4.23. The van der Waals surface area contributed by atoms with Crippen molar-refractivity contribution in [2.45, 2.75) is 39.5 Å². The molecule has 0 atom stereocenters. The highest BCUT2D eigenvalue weighted by atomic mass is 127. The summed E-state index contributed by atoms with van der Waals surface area (Å²) in [5, 5.41) is 6.68. The van der Waals surface area contributed by atoms with Gasteiger partial charge in [0, 0.05) is 20.1 Å². The number of methoxy groups -OCH3 is 1. The van der Waals surface area contributed by atoms with Crippen LogP contribution >= 0.6 is 24.0 Å². The van der Waals surface area contributed by atoms with Gasteiger partial charge in [0.15, 0.2) is 5.96 Å². The molecule has 1 aromatic carbocycles. The number of hydrogen-bond acceptors (Lipinski definition) is 2. The number of halogens is 1. The number of aryl methyl sites for hydroxylation is 1. The van der Waals surface area contributed by atoms with E-state index < -0.39 is 0 Å². The van der Waals surface area contributed by atoms with Crippen molar-refractivity contribution < 1.29 is 4.74 Å². The maximum atomic E-state index is 5.35. The molecular weight excluding hydrogens is 389 g/mol. The Balaban J connectivity index is 0.00000441. The Kier molecular flexibility index (Phi) is 12.0. The molecule has 22 heavy (non-hydrogen) atoms. The fourth-order valence-electron chi connectivity index (χ4n) is 2.15. The average molecular weight is 419 g/mol. The van der Waals surface area contributed by atoms with Crippen LogP contribution in [0.15, 0.2) is 23.2 Å². The predicted molar refractivity (Wildman–Crippen MR) is 106 cm³/mol. The molecule has 0 aliphatic rings. The summed E-state index contributed by atoms with van der Waals surface area (Å²) in [6.07, 6.45) is 4.63. The Labute approximate surface area is 152 Å². The third-order valence-electron chi connectivity index (χ3n) is 3.47. The molecule has 1 aromatic rings. The van der Waals surface area contributed by atoms with Gasteiger partial charge in [0.05, 0.1) is 7.11 Å². The van der Waals surface area contributed by atoms with Gasteiger partial charge in [-0.15, -0.1) is 24.0 Å². The number of benzene rings is 1. The highest BCUT2D eigenvalue weighted by Gasteiger charge is 2.01. The Bertz CT molecular complexity index is 450. The van der Waals surface area contributed by atoms with Gasteiger partial charge in [-0.05, 0) is 37.0 Å². The van der Waals surface area contributed by atoms with Crippen LogP contribution in [-0.4, -0.2) is 33.2 Å². The van der Waals surface area contributed by atoms with Gasteiger partial charge < -0.3 is 15.4 Å². The van der Waals surface area contributed by atoms with E-state index in [1.807, 2.05) is 7.05 Å². The zero-order chi connectivity index (χ0) is 15.5. The first-order valence-corrected chi connectivity index (χ1v) is 7.79. The summed E-state index contributed by atoms with van der Waals surface area (Å²) in [7, 11) is 3.52. The van der Waals surface area contributed by atoms with Crippen molar-refractivity contribution in [1.29, 1.82) is 0 Å². The van der Waals surface area contributed by atoms with E-state index in [0.29, 0.717) is 0 Å². The molecule has 0 amide bonds. The van der Waals surface area contributed by atoms with Crippen molar-refractivity contribution in [3.63, 3.8) is 0 Å². The van der Waals surface area contributed by atoms with Crippen molar-refractivity contribution in [2.75, 3.05) is 27.2 Å². The van der Waals surface area contributed by atoms with Crippen LogP contribution in [0, 0.1) is 6.92 Å². The first-order valence-electron chi connectivity index (χ1n) is 7.79. The number of nitrogens with zero attached hydrogens (tertiary/aromatic N) is 1. The van der Waals surface area contributed by atoms with Gasteiger partial charge in [0.25, 0.3) is 0 Å². The Morgan fingerprint density at radius 3 is 2.55 bits per heavy atom. The molecule has 0 fully saturated rings. The Hall–Kier alpha value is -0.980. The van der Waals surface area contributed by atoms with E-state index in [2.05, 4.69) is 47.7 Å². The molecule has 0 aromatic heterocycles. The van der Waals surface area contributed by atoms with E-state index in [0.717, 1.165) is 31.2 Å². The molecule has 4 nitrogen and oxygen atoms in total. The zero-order valence-electron chi connectivity index (χ0n) is 14.2. The minimum Gasteiger partial charge on any atom is -0.496 e. The van der Waals surface area contributed by atoms with Gasteiger partial charge >= 0.3 is 0 Å². The molecule has 0 aliphatic carbocycles. The predicted octanol–water partition coefficient (Wildman–Crippen LogP) is 3.52. The maximum Gasteiger partial charge on any atom is 0.190 e. The number of guanidine groups is 1. The molecule has 0 saturated heterocycles. The van der Waals surface area contributed by atoms with E-state index >= 15 is 0 Å². The lowest BCUT2D eigenvalue weighted by molar-refractivity contribution is 0.411. The first kappa shape index (κ1) is 21.0. The number of hydrogen-bond donors (Lipinski definition) is 2. The van der Waals surface area contributed by atoms with Crippen molar-refractivity contribution in [3.8, 4) is 5.75 Å². The monoisotopic (exact) mass is 419 g/mol. The summed E-state index contributed by atoms with van der Waals surface area (Å²) >= 11 is 0. The molecule has 0 unspecified atom stereocenters. The number of nitrogens with one attached hydrogen (secondary N) is 2. The van der Waals surface area contributed by atoms with Crippen LogP contribution in [0.4, 0.5) is 0 Å². The molecular formula is C17H30IN3O. The van der Waals surface area contributed by atoms with Crippen LogP contribution in [-0.2, 0) is 6.42 Å². The highest BCUT2D eigenvalue weighted by molar-refractivity contribution is 14.0. The summed E-state index contributed by atoms with van der Waals surface area (Å²) < 4.78 is 5.35. The molecule has 0 saturated carbocycles. The first-order chi connectivity index (χ1) is 10.2. The minimum absolute atomic E-state index is 0. The number of aliphatic imine (C=N–C) groups is 1. The van der Waals surface area contributed by atoms with Crippen LogP contribution in [0.1, 0.15) is 37.3 Å². The van der Waals surface area contributed by atoms with E-state index in [9.17, 15) is 0 Å². The number of rotatable bonds is 8. The second-order valence-corrected chi connectivity index (χ2v) is 5.19. The molecule has 0 heterocycles. The van der Waals surface area contributed by atoms with Crippen LogP contribution in [0.3, 0.4) is 0 Å². The van der Waals surface area contributed by atoms with Gasteiger partial charge in [-0.1, -0.05) is 31.9 Å². The molecule has 0 radical (unpaired) electrons. The third-order valence-corrected chi connectivity index (χ3v) is 3.47. The van der Waals surface area contributed by atoms with Crippen LogP contribution in [0.25, 0.3) is 0 Å². The zero-order valence-corrected chi connectivity index (χ0v) is 16.6. The summed E-state index contributed by atoms with van der Waals surface area (Å²) in [5.74, 6) is 1.83. The van der Waals surface area contributed by atoms with E-state index in [-0.39, 0.29) is 24.0 Å². The molecule has 1 rings (SSSR count). The van der Waals surface area contributed by atoms with E-state index in [1.165, 1.54) is 30.4 Å². The summed E-state index contributed by atoms with van der Waals surface area (Å²) in [5.41, 5.74) is 2.44. The van der Waals surface area contributed by atoms with Crippen molar-refractivity contribution in [3.05, 3.63) is 29.3 Å². The van der Waals surface area contributed by atoms with Crippen molar-refractivity contribution in [2.24, 2.45) is 4.99 Å². The number of unbranched alkanes of at least 4 members (excludes halogenated alkanes) is 2. The quantitative estimate of drug-likeness (QED) is 0.293. The average Bonchev–Trinajstić information content (AvgIpc) is 2.51. The van der Waals surface area contributed by atoms with E-state index in [4.69, 9.17) is 4.74 Å². The van der Waals surface area contributed by atoms with Crippen LogP contribution < -0.4 is 15.4 Å². The lowest BCUT2D eigenvalue weighted by atomic mass is 10.1. The number of ether oxygens (including phenoxy) is 1.